The van der Waals surface area contributed by atoms with E-state index >= 15 is 0 Å². The highest BCUT2D eigenvalue weighted by molar-refractivity contribution is 5.65. The average molecular weight is 206 g/mol. The van der Waals surface area contributed by atoms with Crippen molar-refractivity contribution < 1.29 is 4.74 Å². The Labute approximate surface area is 90.8 Å². The van der Waals surface area contributed by atoms with E-state index in [0.717, 1.165) is 30.3 Å². The zero-order chi connectivity index (χ0) is 11.1. The quantitative estimate of drug-likeness (QED) is 0.661. The van der Waals surface area contributed by atoms with Gasteiger partial charge in [0.15, 0.2) is 0 Å². The van der Waals surface area contributed by atoms with Gasteiger partial charge in [0.05, 0.1) is 12.3 Å². The molecule has 2 rings (SSSR count). The van der Waals surface area contributed by atoms with Crippen molar-refractivity contribution in [2.24, 2.45) is 5.41 Å². The Hall–Kier alpha value is -1.38. The third kappa shape index (κ3) is 2.01. The summed E-state index contributed by atoms with van der Waals surface area (Å²) in [6, 6.07) is 5.80. The van der Waals surface area contributed by atoms with Crippen LogP contribution in [0.15, 0.2) is 18.2 Å². The molecular formula is C12H18N2O. The summed E-state index contributed by atoms with van der Waals surface area (Å²) in [5, 5.41) is 0. The molecule has 3 nitrogen and oxygen atoms in total. The first-order valence-corrected chi connectivity index (χ1v) is 5.21. The van der Waals surface area contributed by atoms with Crippen LogP contribution in [0.2, 0.25) is 0 Å². The minimum atomic E-state index is 0.169. The van der Waals surface area contributed by atoms with E-state index in [1.165, 1.54) is 0 Å². The van der Waals surface area contributed by atoms with E-state index in [4.69, 9.17) is 10.5 Å². The fraction of sp³-hybridized carbons (Fsp3) is 0.500. The monoisotopic (exact) mass is 206 g/mol. The van der Waals surface area contributed by atoms with Crippen LogP contribution < -0.4 is 15.4 Å². The lowest BCUT2D eigenvalue weighted by atomic mass is 9.94. The van der Waals surface area contributed by atoms with Gasteiger partial charge in [0, 0.05) is 24.7 Å². The standard InChI is InChI=1S/C12H18N2O/c1-12(2)7-14(3)10-6-9(13)4-5-11(10)15-8-12/h4-6H,7-8,13H2,1-3H3. The van der Waals surface area contributed by atoms with Crippen LogP contribution in [-0.2, 0) is 0 Å². The van der Waals surface area contributed by atoms with Crippen LogP contribution in [0.5, 0.6) is 5.75 Å². The number of ether oxygens (including phenoxy) is 1. The fourth-order valence-corrected chi connectivity index (χ4v) is 2.00. The predicted molar refractivity (Wildman–Crippen MR) is 63.4 cm³/mol. The summed E-state index contributed by atoms with van der Waals surface area (Å²) >= 11 is 0. The molecule has 15 heavy (non-hydrogen) atoms. The second kappa shape index (κ2) is 3.33. The van der Waals surface area contributed by atoms with Crippen molar-refractivity contribution >= 4 is 11.4 Å². The highest BCUT2D eigenvalue weighted by Gasteiger charge is 2.26. The number of rotatable bonds is 0. The lowest BCUT2D eigenvalue weighted by Crippen LogP contribution is -2.32. The summed E-state index contributed by atoms with van der Waals surface area (Å²) < 4.78 is 5.79. The van der Waals surface area contributed by atoms with Crippen molar-refractivity contribution in [1.29, 1.82) is 0 Å². The Morgan fingerprint density at radius 2 is 2.13 bits per heavy atom. The van der Waals surface area contributed by atoms with E-state index in [0.29, 0.717) is 0 Å². The molecule has 1 aliphatic rings. The van der Waals surface area contributed by atoms with Crippen molar-refractivity contribution in [2.75, 3.05) is 30.8 Å². The molecular weight excluding hydrogens is 188 g/mol. The van der Waals surface area contributed by atoms with Crippen LogP contribution in [0, 0.1) is 5.41 Å². The number of hydrogen-bond donors (Lipinski definition) is 1. The van der Waals surface area contributed by atoms with Gasteiger partial charge >= 0.3 is 0 Å². The Balaban J connectivity index is 2.40. The smallest absolute Gasteiger partial charge is 0.142 e. The Kier molecular flexibility index (Phi) is 2.25. The van der Waals surface area contributed by atoms with E-state index in [-0.39, 0.29) is 5.41 Å². The predicted octanol–water partition coefficient (Wildman–Crippen LogP) is 2.12. The molecule has 1 aromatic rings. The third-order valence-electron chi connectivity index (χ3n) is 2.68. The Morgan fingerprint density at radius 1 is 1.40 bits per heavy atom. The Morgan fingerprint density at radius 3 is 2.87 bits per heavy atom. The van der Waals surface area contributed by atoms with Crippen molar-refractivity contribution in [1.82, 2.24) is 0 Å². The highest BCUT2D eigenvalue weighted by atomic mass is 16.5. The maximum absolute atomic E-state index is 5.79. The topological polar surface area (TPSA) is 38.5 Å². The number of hydrogen-bond acceptors (Lipinski definition) is 3. The van der Waals surface area contributed by atoms with Crippen LogP contribution in [0.3, 0.4) is 0 Å². The maximum Gasteiger partial charge on any atom is 0.142 e. The fourth-order valence-electron chi connectivity index (χ4n) is 2.00. The summed E-state index contributed by atoms with van der Waals surface area (Å²) in [6.07, 6.45) is 0. The number of fused-ring (bicyclic) bond motifs is 1. The van der Waals surface area contributed by atoms with Crippen LogP contribution in [-0.4, -0.2) is 20.2 Å². The van der Waals surface area contributed by atoms with Gasteiger partial charge in [-0.25, -0.2) is 0 Å². The molecule has 2 N–H and O–H groups in total. The molecule has 0 aliphatic carbocycles. The zero-order valence-corrected chi connectivity index (χ0v) is 9.58. The van der Waals surface area contributed by atoms with Gasteiger partial charge in [-0.15, -0.1) is 0 Å². The summed E-state index contributed by atoms with van der Waals surface area (Å²) in [5.74, 6) is 0.928. The first kappa shape index (κ1) is 10.1. The molecule has 0 radical (unpaired) electrons. The molecule has 0 saturated heterocycles. The number of anilines is 2. The Bertz CT molecular complexity index is 374. The molecule has 0 unspecified atom stereocenters. The van der Waals surface area contributed by atoms with Gasteiger partial charge < -0.3 is 15.4 Å². The van der Waals surface area contributed by atoms with E-state index in [9.17, 15) is 0 Å². The van der Waals surface area contributed by atoms with Gasteiger partial charge in [-0.2, -0.15) is 0 Å². The van der Waals surface area contributed by atoms with E-state index in [2.05, 4.69) is 25.8 Å². The van der Waals surface area contributed by atoms with Gasteiger partial charge in [-0.05, 0) is 18.2 Å². The van der Waals surface area contributed by atoms with Crippen molar-refractivity contribution in [3.8, 4) is 5.75 Å². The van der Waals surface area contributed by atoms with Gasteiger partial charge in [0.1, 0.15) is 5.75 Å². The third-order valence-corrected chi connectivity index (χ3v) is 2.68. The molecule has 0 atom stereocenters. The number of nitrogens with zero attached hydrogens (tertiary/aromatic N) is 1. The molecule has 0 saturated carbocycles. The molecule has 1 aromatic carbocycles. The second-order valence-electron chi connectivity index (χ2n) is 5.04. The second-order valence-corrected chi connectivity index (χ2v) is 5.04. The van der Waals surface area contributed by atoms with Crippen molar-refractivity contribution in [3.63, 3.8) is 0 Å². The molecule has 3 heteroatoms. The number of nitrogen functional groups attached to an aromatic ring is 1. The molecule has 0 fully saturated rings. The van der Waals surface area contributed by atoms with Gasteiger partial charge in [0.25, 0.3) is 0 Å². The summed E-state index contributed by atoms with van der Waals surface area (Å²) in [6.45, 7) is 6.13. The molecule has 1 aliphatic heterocycles. The molecule has 1 heterocycles. The first-order valence-electron chi connectivity index (χ1n) is 5.21. The van der Waals surface area contributed by atoms with Crippen molar-refractivity contribution in [2.45, 2.75) is 13.8 Å². The van der Waals surface area contributed by atoms with E-state index < -0.39 is 0 Å². The average Bonchev–Trinajstić information content (AvgIpc) is 2.24. The first-order chi connectivity index (χ1) is 6.98. The van der Waals surface area contributed by atoms with Crippen LogP contribution in [0.25, 0.3) is 0 Å². The number of nitrogens with two attached hydrogens (primary N) is 1. The van der Waals surface area contributed by atoms with Gasteiger partial charge in [-0.3, -0.25) is 0 Å². The minimum absolute atomic E-state index is 0.169. The molecule has 0 aromatic heterocycles. The lowest BCUT2D eigenvalue weighted by molar-refractivity contribution is 0.196. The molecule has 82 valence electrons. The van der Waals surface area contributed by atoms with Crippen molar-refractivity contribution in [3.05, 3.63) is 18.2 Å². The lowest BCUT2D eigenvalue weighted by Gasteiger charge is -2.26. The molecule has 0 amide bonds. The largest absolute Gasteiger partial charge is 0.491 e. The highest BCUT2D eigenvalue weighted by Crippen LogP contribution is 2.35. The summed E-state index contributed by atoms with van der Waals surface area (Å²) in [5.41, 5.74) is 7.81. The normalized spacial score (nSPS) is 19.0. The van der Waals surface area contributed by atoms with Gasteiger partial charge in [-0.1, -0.05) is 13.8 Å². The minimum Gasteiger partial charge on any atom is -0.491 e. The van der Waals surface area contributed by atoms with Gasteiger partial charge in [0.2, 0.25) is 0 Å². The van der Waals surface area contributed by atoms with Crippen LogP contribution >= 0.6 is 0 Å². The molecule has 0 bridgehead atoms. The zero-order valence-electron chi connectivity index (χ0n) is 9.58. The summed E-state index contributed by atoms with van der Waals surface area (Å²) in [7, 11) is 2.08. The summed E-state index contributed by atoms with van der Waals surface area (Å²) in [4.78, 5) is 2.21. The van der Waals surface area contributed by atoms with E-state index in [1.54, 1.807) is 0 Å². The van der Waals surface area contributed by atoms with Crippen LogP contribution in [0.1, 0.15) is 13.8 Å². The van der Waals surface area contributed by atoms with Crippen LogP contribution in [0.4, 0.5) is 11.4 Å². The number of benzene rings is 1. The molecule has 0 spiro atoms. The maximum atomic E-state index is 5.79. The van der Waals surface area contributed by atoms with E-state index in [1.807, 2.05) is 18.2 Å². The SMILES string of the molecule is CN1CC(C)(C)COc2ccc(N)cc21.